The SMILES string of the molecule is CC(CCSCCO)CSCCO. The molecule has 80 valence electrons. The molecule has 2 nitrogen and oxygen atoms in total. The van der Waals surface area contributed by atoms with E-state index >= 15 is 0 Å². The van der Waals surface area contributed by atoms with Crippen molar-refractivity contribution in [3.63, 3.8) is 0 Å². The van der Waals surface area contributed by atoms with Gasteiger partial charge in [0.2, 0.25) is 0 Å². The zero-order valence-corrected chi connectivity index (χ0v) is 9.87. The van der Waals surface area contributed by atoms with Gasteiger partial charge >= 0.3 is 0 Å². The van der Waals surface area contributed by atoms with Crippen LogP contribution in [0.2, 0.25) is 0 Å². The summed E-state index contributed by atoms with van der Waals surface area (Å²) in [4.78, 5) is 0. The van der Waals surface area contributed by atoms with Crippen LogP contribution in [0.3, 0.4) is 0 Å². The van der Waals surface area contributed by atoms with Crippen LogP contribution < -0.4 is 0 Å². The second-order valence-electron chi connectivity index (χ2n) is 3.03. The highest BCUT2D eigenvalue weighted by atomic mass is 32.2. The molecule has 1 unspecified atom stereocenters. The number of rotatable bonds is 9. The lowest BCUT2D eigenvalue weighted by Gasteiger charge is -2.09. The molecule has 0 saturated carbocycles. The van der Waals surface area contributed by atoms with Crippen molar-refractivity contribution in [2.75, 3.05) is 36.2 Å². The molecule has 1 atom stereocenters. The first-order valence-electron chi connectivity index (χ1n) is 4.68. The van der Waals surface area contributed by atoms with Crippen LogP contribution in [0.15, 0.2) is 0 Å². The number of aliphatic hydroxyl groups is 2. The zero-order valence-electron chi connectivity index (χ0n) is 8.24. The fourth-order valence-electron chi connectivity index (χ4n) is 0.884. The van der Waals surface area contributed by atoms with E-state index in [0.717, 1.165) is 28.9 Å². The summed E-state index contributed by atoms with van der Waals surface area (Å²) < 4.78 is 0. The Labute approximate surface area is 89.5 Å². The second-order valence-corrected chi connectivity index (χ2v) is 5.40. The molecular formula is C9H20O2S2. The van der Waals surface area contributed by atoms with Crippen LogP contribution in [0.4, 0.5) is 0 Å². The van der Waals surface area contributed by atoms with Crippen molar-refractivity contribution in [1.82, 2.24) is 0 Å². The maximum Gasteiger partial charge on any atom is 0.0521 e. The molecule has 0 amide bonds. The van der Waals surface area contributed by atoms with Gasteiger partial charge in [0.05, 0.1) is 13.2 Å². The average Bonchev–Trinajstić information content (AvgIpc) is 2.13. The van der Waals surface area contributed by atoms with Crippen LogP contribution >= 0.6 is 23.5 Å². The summed E-state index contributed by atoms with van der Waals surface area (Å²) in [5, 5.41) is 17.1. The highest BCUT2D eigenvalue weighted by molar-refractivity contribution is 7.99. The molecule has 0 aromatic carbocycles. The van der Waals surface area contributed by atoms with Crippen molar-refractivity contribution >= 4 is 23.5 Å². The first-order chi connectivity index (χ1) is 6.31. The van der Waals surface area contributed by atoms with Gasteiger partial charge in [-0.2, -0.15) is 23.5 Å². The monoisotopic (exact) mass is 224 g/mol. The number of hydrogen-bond acceptors (Lipinski definition) is 4. The first-order valence-corrected chi connectivity index (χ1v) is 6.99. The molecule has 0 aliphatic rings. The molecule has 13 heavy (non-hydrogen) atoms. The van der Waals surface area contributed by atoms with E-state index < -0.39 is 0 Å². The van der Waals surface area contributed by atoms with E-state index in [9.17, 15) is 0 Å². The predicted octanol–water partition coefficient (Wildman–Crippen LogP) is 1.46. The molecule has 0 rings (SSSR count). The molecular weight excluding hydrogens is 204 g/mol. The molecule has 0 saturated heterocycles. The summed E-state index contributed by atoms with van der Waals surface area (Å²) in [5.74, 6) is 4.72. The van der Waals surface area contributed by atoms with Gasteiger partial charge in [-0.15, -0.1) is 0 Å². The minimum absolute atomic E-state index is 0.288. The van der Waals surface area contributed by atoms with E-state index in [1.54, 1.807) is 0 Å². The summed E-state index contributed by atoms with van der Waals surface area (Å²) in [6, 6.07) is 0. The molecule has 4 heteroatoms. The Morgan fingerprint density at radius 1 is 1.00 bits per heavy atom. The van der Waals surface area contributed by atoms with E-state index in [0.29, 0.717) is 0 Å². The Bertz CT molecular complexity index is 102. The van der Waals surface area contributed by atoms with E-state index in [1.165, 1.54) is 6.42 Å². The lowest BCUT2D eigenvalue weighted by atomic mass is 10.2. The van der Waals surface area contributed by atoms with Crippen molar-refractivity contribution in [3.05, 3.63) is 0 Å². The van der Waals surface area contributed by atoms with Crippen molar-refractivity contribution < 1.29 is 10.2 Å². The Morgan fingerprint density at radius 2 is 1.62 bits per heavy atom. The van der Waals surface area contributed by atoms with Gasteiger partial charge in [0.25, 0.3) is 0 Å². The van der Waals surface area contributed by atoms with Crippen LogP contribution in [0.25, 0.3) is 0 Å². The normalized spacial score (nSPS) is 13.2. The highest BCUT2D eigenvalue weighted by Gasteiger charge is 2.01. The summed E-state index contributed by atoms with van der Waals surface area (Å²) in [6.45, 7) is 2.82. The van der Waals surface area contributed by atoms with Gasteiger partial charge in [-0.3, -0.25) is 0 Å². The van der Waals surface area contributed by atoms with Crippen LogP contribution in [0, 0.1) is 5.92 Å². The van der Waals surface area contributed by atoms with Crippen molar-refractivity contribution in [2.24, 2.45) is 5.92 Å². The molecule has 0 radical (unpaired) electrons. The lowest BCUT2D eigenvalue weighted by molar-refractivity contribution is 0.322. The molecule has 0 spiro atoms. The maximum atomic E-state index is 8.57. The Hall–Kier alpha value is 0.620. The second kappa shape index (κ2) is 10.7. The number of aliphatic hydroxyl groups excluding tert-OH is 2. The van der Waals surface area contributed by atoms with Gasteiger partial charge in [0.1, 0.15) is 0 Å². The summed E-state index contributed by atoms with van der Waals surface area (Å²) >= 11 is 3.63. The maximum absolute atomic E-state index is 8.57. The quantitative estimate of drug-likeness (QED) is 0.582. The predicted molar refractivity (Wildman–Crippen MR) is 62.6 cm³/mol. The minimum Gasteiger partial charge on any atom is -0.396 e. The fourth-order valence-corrected chi connectivity index (χ4v) is 2.65. The van der Waals surface area contributed by atoms with E-state index in [1.807, 2.05) is 23.5 Å². The topological polar surface area (TPSA) is 40.5 Å². The van der Waals surface area contributed by atoms with Crippen LogP contribution in [0.1, 0.15) is 13.3 Å². The number of hydrogen-bond donors (Lipinski definition) is 2. The van der Waals surface area contributed by atoms with Crippen molar-refractivity contribution in [2.45, 2.75) is 13.3 Å². The van der Waals surface area contributed by atoms with Gasteiger partial charge in [0, 0.05) is 11.5 Å². The van der Waals surface area contributed by atoms with Crippen molar-refractivity contribution in [1.29, 1.82) is 0 Å². The summed E-state index contributed by atoms with van der Waals surface area (Å²) in [6.07, 6.45) is 1.21. The lowest BCUT2D eigenvalue weighted by Crippen LogP contribution is -2.02. The van der Waals surface area contributed by atoms with E-state index in [-0.39, 0.29) is 13.2 Å². The van der Waals surface area contributed by atoms with E-state index in [2.05, 4.69) is 6.92 Å². The van der Waals surface area contributed by atoms with Gasteiger partial charge in [-0.25, -0.2) is 0 Å². The summed E-state index contributed by atoms with van der Waals surface area (Å²) in [7, 11) is 0. The molecule has 0 aromatic rings. The van der Waals surface area contributed by atoms with Crippen molar-refractivity contribution in [3.8, 4) is 0 Å². The highest BCUT2D eigenvalue weighted by Crippen LogP contribution is 2.14. The molecule has 2 N–H and O–H groups in total. The van der Waals surface area contributed by atoms with Crippen LogP contribution in [-0.2, 0) is 0 Å². The smallest absolute Gasteiger partial charge is 0.0521 e. The zero-order chi connectivity index (χ0) is 9.94. The Balaban J connectivity index is 3.05. The molecule has 0 heterocycles. The van der Waals surface area contributed by atoms with Gasteiger partial charge in [-0.1, -0.05) is 6.92 Å². The minimum atomic E-state index is 0.288. The molecule has 0 aromatic heterocycles. The Morgan fingerprint density at radius 3 is 2.23 bits per heavy atom. The first kappa shape index (κ1) is 13.6. The molecule has 0 bridgehead atoms. The fraction of sp³-hybridized carbons (Fsp3) is 1.00. The third-order valence-electron chi connectivity index (χ3n) is 1.63. The standard InChI is InChI=1S/C9H20O2S2/c1-9(8-13-7-4-11)2-5-12-6-3-10/h9-11H,2-8H2,1H3. The Kier molecular flexibility index (Phi) is 11.2. The third-order valence-corrected chi connectivity index (χ3v) is 3.90. The van der Waals surface area contributed by atoms with Gasteiger partial charge in [-0.05, 0) is 23.8 Å². The largest absolute Gasteiger partial charge is 0.396 e. The molecule has 0 aliphatic carbocycles. The van der Waals surface area contributed by atoms with Crippen LogP contribution in [-0.4, -0.2) is 46.4 Å². The van der Waals surface area contributed by atoms with Gasteiger partial charge in [0.15, 0.2) is 0 Å². The van der Waals surface area contributed by atoms with Crippen LogP contribution in [0.5, 0.6) is 0 Å². The third kappa shape index (κ3) is 10.5. The molecule has 0 fully saturated rings. The average molecular weight is 224 g/mol. The van der Waals surface area contributed by atoms with Gasteiger partial charge < -0.3 is 10.2 Å². The number of thioether (sulfide) groups is 2. The van der Waals surface area contributed by atoms with E-state index in [4.69, 9.17) is 10.2 Å². The summed E-state index contributed by atoms with van der Waals surface area (Å²) in [5.41, 5.74) is 0. The molecule has 0 aliphatic heterocycles.